The van der Waals surface area contributed by atoms with E-state index in [4.69, 9.17) is 16.3 Å². The summed E-state index contributed by atoms with van der Waals surface area (Å²) in [7, 11) is 0. The van der Waals surface area contributed by atoms with Crippen LogP contribution in [0.15, 0.2) is 18.2 Å². The number of halogens is 1. The molecule has 1 aromatic rings. The zero-order chi connectivity index (χ0) is 14.3. The van der Waals surface area contributed by atoms with E-state index in [-0.39, 0.29) is 18.5 Å². The molecule has 1 aromatic carbocycles. The number of carbonyl (C=O) groups excluding carboxylic acids is 1. The molecule has 0 heterocycles. The number of carbonyl (C=O) groups is 1. The van der Waals surface area contributed by atoms with Crippen LogP contribution >= 0.6 is 11.6 Å². The van der Waals surface area contributed by atoms with Crippen LogP contribution in [0, 0.1) is 10.1 Å². The van der Waals surface area contributed by atoms with E-state index in [0.29, 0.717) is 17.9 Å². The Morgan fingerprint density at radius 1 is 1.47 bits per heavy atom. The van der Waals surface area contributed by atoms with Crippen molar-refractivity contribution in [3.63, 3.8) is 0 Å². The molecule has 0 aliphatic rings. The van der Waals surface area contributed by atoms with Gasteiger partial charge in [-0.1, -0.05) is 13.3 Å². The lowest BCUT2D eigenvalue weighted by molar-refractivity contribution is -0.385. The molecule has 0 N–H and O–H groups in total. The lowest BCUT2D eigenvalue weighted by Gasteiger charge is -2.07. The average molecular weight is 286 g/mol. The van der Waals surface area contributed by atoms with Crippen molar-refractivity contribution in [2.24, 2.45) is 0 Å². The van der Waals surface area contributed by atoms with Crippen LogP contribution in [0.2, 0.25) is 0 Å². The molecule has 0 saturated heterocycles. The van der Waals surface area contributed by atoms with Crippen molar-refractivity contribution in [2.75, 3.05) is 6.61 Å². The van der Waals surface area contributed by atoms with Gasteiger partial charge in [0.2, 0.25) is 5.24 Å². The Labute approximate surface area is 116 Å². The molecule has 5 nitrogen and oxygen atoms in total. The Balaban J connectivity index is 2.84. The van der Waals surface area contributed by atoms with E-state index in [1.807, 2.05) is 0 Å². The van der Waals surface area contributed by atoms with Gasteiger partial charge in [-0.25, -0.2) is 0 Å². The molecule has 0 aliphatic heterocycles. The lowest BCUT2D eigenvalue weighted by atomic mass is 10.1. The standard InChI is InChI=1S/C13H16ClNO4/c1-2-3-8-19-11-5-6-12(15(17)18)10(9-11)4-7-13(14)16/h5-6,9H,2-4,7-8H2,1H3. The summed E-state index contributed by atoms with van der Waals surface area (Å²) in [4.78, 5) is 21.2. The van der Waals surface area contributed by atoms with Crippen molar-refractivity contribution >= 4 is 22.5 Å². The Morgan fingerprint density at radius 2 is 2.21 bits per heavy atom. The van der Waals surface area contributed by atoms with E-state index in [1.54, 1.807) is 12.1 Å². The maximum atomic E-state index is 10.9. The van der Waals surface area contributed by atoms with Gasteiger partial charge in [-0.3, -0.25) is 14.9 Å². The smallest absolute Gasteiger partial charge is 0.272 e. The summed E-state index contributed by atoms with van der Waals surface area (Å²) in [5.41, 5.74) is 0.453. The Morgan fingerprint density at radius 3 is 2.79 bits per heavy atom. The van der Waals surface area contributed by atoms with Gasteiger partial charge in [-0.2, -0.15) is 0 Å². The van der Waals surface area contributed by atoms with E-state index < -0.39 is 10.2 Å². The minimum atomic E-state index is -0.508. The molecule has 0 atom stereocenters. The number of hydrogen-bond donors (Lipinski definition) is 0. The van der Waals surface area contributed by atoms with Crippen LogP contribution in [-0.4, -0.2) is 16.8 Å². The third-order valence-corrected chi connectivity index (χ3v) is 2.79. The highest BCUT2D eigenvalue weighted by Gasteiger charge is 2.15. The maximum Gasteiger partial charge on any atom is 0.272 e. The zero-order valence-corrected chi connectivity index (χ0v) is 11.5. The summed E-state index contributed by atoms with van der Waals surface area (Å²) in [6.07, 6.45) is 2.25. The first-order valence-corrected chi connectivity index (χ1v) is 6.50. The van der Waals surface area contributed by atoms with Crippen LogP contribution in [0.25, 0.3) is 0 Å². The van der Waals surface area contributed by atoms with Crippen LogP contribution in [0.1, 0.15) is 31.7 Å². The predicted octanol–water partition coefficient (Wildman–Crippen LogP) is 3.47. The molecule has 0 unspecified atom stereocenters. The van der Waals surface area contributed by atoms with Crippen LogP contribution in [0.4, 0.5) is 5.69 Å². The molecular formula is C13H16ClNO4. The molecule has 1 rings (SSSR count). The molecule has 0 spiro atoms. The molecule has 6 heteroatoms. The van der Waals surface area contributed by atoms with Crippen molar-refractivity contribution in [2.45, 2.75) is 32.6 Å². The number of nitrogens with zero attached hydrogens (tertiary/aromatic N) is 1. The second-order valence-electron chi connectivity index (χ2n) is 4.10. The van der Waals surface area contributed by atoms with Crippen LogP contribution in [0.3, 0.4) is 0 Å². The van der Waals surface area contributed by atoms with Gasteiger partial charge >= 0.3 is 0 Å². The average Bonchev–Trinajstić information content (AvgIpc) is 2.36. The first kappa shape index (κ1) is 15.4. The van der Waals surface area contributed by atoms with Crippen molar-refractivity contribution in [1.29, 1.82) is 0 Å². The largest absolute Gasteiger partial charge is 0.494 e. The van der Waals surface area contributed by atoms with E-state index in [1.165, 1.54) is 6.07 Å². The number of hydrogen-bond acceptors (Lipinski definition) is 4. The minimum Gasteiger partial charge on any atom is -0.494 e. The third kappa shape index (κ3) is 5.26. The fraction of sp³-hybridized carbons (Fsp3) is 0.462. The summed E-state index contributed by atoms with van der Waals surface area (Å²) in [6, 6.07) is 4.57. The van der Waals surface area contributed by atoms with E-state index >= 15 is 0 Å². The molecule has 19 heavy (non-hydrogen) atoms. The van der Waals surface area contributed by atoms with E-state index in [9.17, 15) is 14.9 Å². The van der Waals surface area contributed by atoms with Gasteiger partial charge in [0.15, 0.2) is 0 Å². The highest BCUT2D eigenvalue weighted by atomic mass is 35.5. The second-order valence-corrected chi connectivity index (χ2v) is 4.53. The molecule has 0 aliphatic carbocycles. The molecule has 0 bridgehead atoms. The normalized spacial score (nSPS) is 10.2. The summed E-state index contributed by atoms with van der Waals surface area (Å²) in [6.45, 7) is 2.62. The second kappa shape index (κ2) is 7.74. The van der Waals surface area contributed by atoms with Gasteiger partial charge in [0.1, 0.15) is 5.75 Å². The van der Waals surface area contributed by atoms with Gasteiger partial charge in [0, 0.05) is 18.1 Å². The number of nitro groups is 1. The van der Waals surface area contributed by atoms with Gasteiger partial charge in [-0.05, 0) is 36.6 Å². The summed E-state index contributed by atoms with van der Waals surface area (Å²) in [5.74, 6) is 0.580. The number of ether oxygens (including phenoxy) is 1. The number of nitro benzene ring substituents is 1. The predicted molar refractivity (Wildman–Crippen MR) is 72.7 cm³/mol. The molecule has 0 fully saturated rings. The molecule has 104 valence electrons. The Kier molecular flexibility index (Phi) is 6.29. The first-order valence-electron chi connectivity index (χ1n) is 6.13. The number of rotatable bonds is 8. The van der Waals surface area contributed by atoms with Gasteiger partial charge in [-0.15, -0.1) is 0 Å². The summed E-state index contributed by atoms with van der Waals surface area (Å²) < 4.78 is 5.49. The fourth-order valence-corrected chi connectivity index (χ4v) is 1.69. The topological polar surface area (TPSA) is 69.4 Å². The fourth-order valence-electron chi connectivity index (χ4n) is 1.60. The first-order chi connectivity index (χ1) is 9.04. The van der Waals surface area contributed by atoms with Crippen molar-refractivity contribution < 1.29 is 14.5 Å². The number of unbranched alkanes of at least 4 members (excludes halogenated alkanes) is 1. The van der Waals surface area contributed by atoms with Gasteiger partial charge in [0.05, 0.1) is 11.5 Å². The number of benzene rings is 1. The maximum absolute atomic E-state index is 10.9. The Bertz CT molecular complexity index is 462. The quantitative estimate of drug-likeness (QED) is 0.317. The minimum absolute atomic E-state index is 0.0132. The third-order valence-electron chi connectivity index (χ3n) is 2.61. The van der Waals surface area contributed by atoms with Crippen LogP contribution < -0.4 is 4.74 Å². The van der Waals surface area contributed by atoms with Crippen molar-refractivity contribution in [3.05, 3.63) is 33.9 Å². The van der Waals surface area contributed by atoms with Crippen molar-refractivity contribution in [1.82, 2.24) is 0 Å². The van der Waals surface area contributed by atoms with Gasteiger partial charge in [0.25, 0.3) is 5.69 Å². The molecular weight excluding hydrogens is 270 g/mol. The summed E-state index contributed by atoms with van der Waals surface area (Å²) in [5, 5.41) is 10.4. The highest BCUT2D eigenvalue weighted by molar-refractivity contribution is 6.63. The lowest BCUT2D eigenvalue weighted by Crippen LogP contribution is -2.01. The monoisotopic (exact) mass is 285 g/mol. The van der Waals surface area contributed by atoms with Crippen LogP contribution in [0.5, 0.6) is 5.75 Å². The number of aryl methyl sites for hydroxylation is 1. The van der Waals surface area contributed by atoms with E-state index in [0.717, 1.165) is 12.8 Å². The molecule has 0 amide bonds. The van der Waals surface area contributed by atoms with Crippen LogP contribution in [-0.2, 0) is 11.2 Å². The molecule has 0 radical (unpaired) electrons. The van der Waals surface area contributed by atoms with Gasteiger partial charge < -0.3 is 4.74 Å². The van der Waals surface area contributed by atoms with Crippen molar-refractivity contribution in [3.8, 4) is 5.75 Å². The SMILES string of the molecule is CCCCOc1ccc([N+](=O)[O-])c(CCC(=O)Cl)c1. The molecule has 0 aromatic heterocycles. The highest BCUT2D eigenvalue weighted by Crippen LogP contribution is 2.25. The van der Waals surface area contributed by atoms with E-state index in [2.05, 4.69) is 6.92 Å². The Hall–Kier alpha value is -1.62. The zero-order valence-electron chi connectivity index (χ0n) is 10.7. The molecule has 0 saturated carbocycles. The summed E-state index contributed by atoms with van der Waals surface area (Å²) >= 11 is 5.26.